The van der Waals surface area contributed by atoms with E-state index in [0.717, 1.165) is 5.56 Å². The zero-order valence-electron chi connectivity index (χ0n) is 14.9. The van der Waals surface area contributed by atoms with Crippen LogP contribution < -0.4 is 4.90 Å². The lowest BCUT2D eigenvalue weighted by atomic mass is 9.77. The minimum atomic E-state index is -0.503. The van der Waals surface area contributed by atoms with Gasteiger partial charge >= 0.3 is 0 Å². The zero-order chi connectivity index (χ0) is 19.8. The van der Waals surface area contributed by atoms with Crippen molar-refractivity contribution in [2.75, 3.05) is 4.90 Å². The molecule has 2 aromatic rings. The Hall–Kier alpha value is -2.99. The number of Topliss-reactive ketones (excluding diaryl/α,β-unsaturated/α-hetero) is 1. The number of benzene rings is 2. The van der Waals surface area contributed by atoms with Crippen LogP contribution in [-0.4, -0.2) is 16.6 Å². The van der Waals surface area contributed by atoms with Crippen molar-refractivity contribution >= 4 is 34.7 Å². The van der Waals surface area contributed by atoms with Crippen LogP contribution in [0.15, 0.2) is 59.8 Å². The molecule has 142 valence electrons. The fourth-order valence-corrected chi connectivity index (χ4v) is 4.29. The number of halogens is 1. The number of anilines is 1. The van der Waals surface area contributed by atoms with Crippen molar-refractivity contribution in [1.29, 1.82) is 0 Å². The number of para-hydroxylation sites is 2. The Morgan fingerprint density at radius 3 is 2.61 bits per heavy atom. The molecule has 0 radical (unpaired) electrons. The average molecular weight is 397 g/mol. The van der Waals surface area contributed by atoms with Crippen LogP contribution in [0.5, 0.6) is 0 Å². The lowest BCUT2D eigenvalue weighted by molar-refractivity contribution is -0.384. The first-order chi connectivity index (χ1) is 13.5. The third-order valence-corrected chi connectivity index (χ3v) is 5.48. The molecule has 1 aliphatic carbocycles. The number of nitrogens with zero attached hydrogens (tertiary/aromatic N) is 2. The second-order valence-corrected chi connectivity index (χ2v) is 7.36. The van der Waals surface area contributed by atoms with Crippen molar-refractivity contribution in [2.45, 2.75) is 31.6 Å². The van der Waals surface area contributed by atoms with Gasteiger partial charge in [0.1, 0.15) is 5.69 Å². The zero-order valence-corrected chi connectivity index (χ0v) is 15.7. The summed E-state index contributed by atoms with van der Waals surface area (Å²) < 4.78 is 0. The van der Waals surface area contributed by atoms with E-state index in [1.807, 2.05) is 6.07 Å². The summed E-state index contributed by atoms with van der Waals surface area (Å²) in [4.78, 5) is 38.3. The molecule has 2 aromatic carbocycles. The predicted molar refractivity (Wildman–Crippen MR) is 105 cm³/mol. The third-order valence-electron chi connectivity index (χ3n) is 5.25. The normalized spacial score (nSPS) is 19.6. The van der Waals surface area contributed by atoms with Crippen molar-refractivity contribution in [2.24, 2.45) is 0 Å². The second kappa shape index (κ2) is 7.20. The molecular weight excluding hydrogens is 380 g/mol. The first-order valence-electron chi connectivity index (χ1n) is 9.05. The van der Waals surface area contributed by atoms with Crippen LogP contribution in [0.2, 0.25) is 5.02 Å². The molecule has 0 saturated heterocycles. The van der Waals surface area contributed by atoms with Crippen molar-refractivity contribution in [3.05, 3.63) is 80.5 Å². The highest BCUT2D eigenvalue weighted by molar-refractivity contribution is 6.30. The number of nitro benzene ring substituents is 1. The van der Waals surface area contributed by atoms with Crippen molar-refractivity contribution < 1.29 is 14.5 Å². The molecule has 1 heterocycles. The Kier molecular flexibility index (Phi) is 4.73. The average Bonchev–Trinajstić information content (AvgIpc) is 2.67. The van der Waals surface area contributed by atoms with Gasteiger partial charge in [-0.3, -0.25) is 24.6 Å². The fraction of sp³-hybridized carbons (Fsp3) is 0.238. The van der Waals surface area contributed by atoms with Gasteiger partial charge < -0.3 is 0 Å². The van der Waals surface area contributed by atoms with Gasteiger partial charge in [-0.15, -0.1) is 0 Å². The molecule has 6 nitrogen and oxygen atoms in total. The first kappa shape index (κ1) is 18.4. The maximum atomic E-state index is 13.1. The highest BCUT2D eigenvalue weighted by atomic mass is 35.5. The van der Waals surface area contributed by atoms with Gasteiger partial charge in [-0.1, -0.05) is 35.9 Å². The molecule has 1 aliphatic heterocycles. The number of carbonyl (C=O) groups is 2. The highest BCUT2D eigenvalue weighted by Crippen LogP contribution is 2.45. The van der Waals surface area contributed by atoms with Crippen LogP contribution >= 0.6 is 11.6 Å². The van der Waals surface area contributed by atoms with Crippen LogP contribution in [-0.2, 0) is 9.59 Å². The summed E-state index contributed by atoms with van der Waals surface area (Å²) >= 11 is 6.12. The van der Waals surface area contributed by atoms with Crippen LogP contribution in [0.3, 0.4) is 0 Å². The number of rotatable bonds is 3. The molecule has 2 aliphatic rings. The molecule has 1 amide bonds. The number of allylic oxidation sites excluding steroid dienone is 2. The molecule has 0 fully saturated rings. The molecule has 1 atom stereocenters. The molecule has 0 aromatic heterocycles. The van der Waals surface area contributed by atoms with Gasteiger partial charge in [-0.2, -0.15) is 0 Å². The van der Waals surface area contributed by atoms with Crippen molar-refractivity contribution in [3.63, 3.8) is 0 Å². The topological polar surface area (TPSA) is 80.5 Å². The summed E-state index contributed by atoms with van der Waals surface area (Å²) in [5, 5.41) is 12.0. The smallest absolute Gasteiger partial charge is 0.293 e. The Morgan fingerprint density at radius 2 is 1.86 bits per heavy atom. The Labute approximate surface area is 166 Å². The second-order valence-electron chi connectivity index (χ2n) is 6.92. The molecule has 0 spiro atoms. The standard InChI is InChI=1S/C21H17ClN2O4/c22-14-6-3-5-13(11-14)15-12-20(26)23(18-9-4-10-19(25)21(15)18)16-7-1-2-8-17(16)24(27)28/h1-3,5-8,11,15H,4,9-10,12H2. The highest BCUT2D eigenvalue weighted by Gasteiger charge is 2.41. The summed E-state index contributed by atoms with van der Waals surface area (Å²) in [6, 6.07) is 13.3. The van der Waals surface area contributed by atoms with Gasteiger partial charge in [-0.05, 0) is 36.6 Å². The van der Waals surface area contributed by atoms with E-state index in [4.69, 9.17) is 11.6 Å². The van der Waals surface area contributed by atoms with Gasteiger partial charge in [-0.25, -0.2) is 0 Å². The molecule has 0 N–H and O–H groups in total. The minimum absolute atomic E-state index is 0.0118. The fourth-order valence-electron chi connectivity index (χ4n) is 4.09. The molecule has 28 heavy (non-hydrogen) atoms. The monoisotopic (exact) mass is 396 g/mol. The lowest BCUT2D eigenvalue weighted by Crippen LogP contribution is -2.40. The van der Waals surface area contributed by atoms with Crippen LogP contribution in [0.25, 0.3) is 0 Å². The largest absolute Gasteiger partial charge is 0.294 e. The van der Waals surface area contributed by atoms with E-state index in [1.54, 1.807) is 36.4 Å². The van der Waals surface area contributed by atoms with Gasteiger partial charge in [0.15, 0.2) is 5.78 Å². The lowest BCUT2D eigenvalue weighted by Gasteiger charge is -2.38. The minimum Gasteiger partial charge on any atom is -0.294 e. The number of amides is 1. The predicted octanol–water partition coefficient (Wildman–Crippen LogP) is 4.78. The summed E-state index contributed by atoms with van der Waals surface area (Å²) in [6.45, 7) is 0. The molecular formula is C21H17ClN2O4. The summed E-state index contributed by atoms with van der Waals surface area (Å²) in [6.07, 6.45) is 1.62. The number of carbonyl (C=O) groups excluding carboxylic acids is 2. The van der Waals surface area contributed by atoms with Crippen LogP contribution in [0.4, 0.5) is 11.4 Å². The van der Waals surface area contributed by atoms with E-state index in [2.05, 4.69) is 0 Å². The summed E-state index contributed by atoms with van der Waals surface area (Å²) in [5.74, 6) is -0.650. The van der Waals surface area contributed by atoms with Crippen molar-refractivity contribution in [3.8, 4) is 0 Å². The van der Waals surface area contributed by atoms with Gasteiger partial charge in [0.2, 0.25) is 5.91 Å². The molecule has 0 bridgehead atoms. The van der Waals surface area contributed by atoms with Crippen LogP contribution in [0, 0.1) is 10.1 Å². The molecule has 1 unspecified atom stereocenters. The van der Waals surface area contributed by atoms with Crippen molar-refractivity contribution in [1.82, 2.24) is 0 Å². The Balaban J connectivity index is 1.90. The number of nitro groups is 1. The van der Waals surface area contributed by atoms with Crippen LogP contribution in [0.1, 0.15) is 37.2 Å². The van der Waals surface area contributed by atoms with Gasteiger partial charge in [0.25, 0.3) is 5.69 Å². The SMILES string of the molecule is O=C1CCCC2=C1C(c1cccc(Cl)c1)CC(=O)N2c1ccccc1[N+](=O)[O-]. The van der Waals surface area contributed by atoms with Gasteiger partial charge in [0, 0.05) is 41.1 Å². The van der Waals surface area contributed by atoms with E-state index in [9.17, 15) is 19.7 Å². The molecule has 0 saturated carbocycles. The number of hydrogen-bond donors (Lipinski definition) is 0. The van der Waals surface area contributed by atoms with E-state index in [1.165, 1.54) is 11.0 Å². The third kappa shape index (κ3) is 3.10. The first-order valence-corrected chi connectivity index (χ1v) is 9.43. The quantitative estimate of drug-likeness (QED) is 0.552. The van der Waals surface area contributed by atoms with E-state index < -0.39 is 4.92 Å². The molecule has 4 rings (SSSR count). The summed E-state index contributed by atoms with van der Waals surface area (Å²) in [7, 11) is 0. The summed E-state index contributed by atoms with van der Waals surface area (Å²) in [5.41, 5.74) is 2.02. The number of ketones is 1. The number of hydrogen-bond acceptors (Lipinski definition) is 4. The Morgan fingerprint density at radius 1 is 1.07 bits per heavy atom. The van der Waals surface area contributed by atoms with E-state index >= 15 is 0 Å². The molecule has 7 heteroatoms. The van der Waals surface area contributed by atoms with E-state index in [0.29, 0.717) is 35.6 Å². The maximum absolute atomic E-state index is 13.1. The maximum Gasteiger partial charge on any atom is 0.293 e. The van der Waals surface area contributed by atoms with Gasteiger partial charge in [0.05, 0.1) is 4.92 Å². The van der Waals surface area contributed by atoms with E-state index in [-0.39, 0.29) is 35.4 Å². The Bertz CT molecular complexity index is 1030.